The average Bonchev–Trinajstić information content (AvgIpc) is 2.99. The van der Waals surface area contributed by atoms with Gasteiger partial charge in [-0.3, -0.25) is 9.59 Å². The van der Waals surface area contributed by atoms with E-state index in [0.717, 1.165) is 11.3 Å². The van der Waals surface area contributed by atoms with Gasteiger partial charge in [0.1, 0.15) is 0 Å². The lowest BCUT2D eigenvalue weighted by Crippen LogP contribution is -2.41. The third kappa shape index (κ3) is 5.28. The quantitative estimate of drug-likeness (QED) is 0.688. The van der Waals surface area contributed by atoms with Crippen molar-refractivity contribution in [3.63, 3.8) is 0 Å². The molecule has 176 valence electrons. The second-order valence-electron chi connectivity index (χ2n) is 9.17. The van der Waals surface area contributed by atoms with Crippen molar-refractivity contribution in [1.82, 2.24) is 4.31 Å². The highest BCUT2D eigenvalue weighted by atomic mass is 32.2. The lowest BCUT2D eigenvalue weighted by molar-refractivity contribution is -0.121. The lowest BCUT2D eigenvalue weighted by atomic mass is 9.97. The molecule has 0 radical (unpaired) electrons. The van der Waals surface area contributed by atoms with E-state index in [9.17, 15) is 18.0 Å². The van der Waals surface area contributed by atoms with E-state index < -0.39 is 10.0 Å². The summed E-state index contributed by atoms with van der Waals surface area (Å²) in [5.41, 5.74) is 3.51. The van der Waals surface area contributed by atoms with Gasteiger partial charge < -0.3 is 10.6 Å². The number of benzene rings is 2. The van der Waals surface area contributed by atoms with Crippen LogP contribution in [0.25, 0.3) is 0 Å². The Bertz CT molecular complexity index is 1130. The molecular formula is C25H31N3O4S. The zero-order chi connectivity index (χ0) is 23.6. The van der Waals surface area contributed by atoms with Gasteiger partial charge in [-0.05, 0) is 73.1 Å². The first-order chi connectivity index (χ1) is 15.7. The topological polar surface area (TPSA) is 95.6 Å². The molecule has 33 heavy (non-hydrogen) atoms. The Balaban J connectivity index is 1.38. The van der Waals surface area contributed by atoms with Crippen LogP contribution in [0.15, 0.2) is 47.4 Å². The highest BCUT2D eigenvalue weighted by Crippen LogP contribution is 2.29. The fourth-order valence-electron chi connectivity index (χ4n) is 4.41. The summed E-state index contributed by atoms with van der Waals surface area (Å²) in [7, 11) is -3.65. The van der Waals surface area contributed by atoms with Gasteiger partial charge in [-0.25, -0.2) is 8.42 Å². The van der Waals surface area contributed by atoms with Crippen molar-refractivity contribution in [3.05, 3.63) is 53.6 Å². The second kappa shape index (κ2) is 9.65. The molecule has 0 atom stereocenters. The molecular weight excluding hydrogens is 438 g/mol. The van der Waals surface area contributed by atoms with E-state index in [2.05, 4.69) is 24.5 Å². The third-order valence-corrected chi connectivity index (χ3v) is 8.40. The zero-order valence-corrected chi connectivity index (χ0v) is 20.0. The molecule has 2 aliphatic rings. The van der Waals surface area contributed by atoms with Crippen LogP contribution in [0.4, 0.5) is 11.4 Å². The number of amides is 2. The fourth-order valence-corrected chi connectivity index (χ4v) is 5.94. The Labute approximate surface area is 195 Å². The number of carbonyl (C=O) groups excluding carboxylic acids is 2. The minimum absolute atomic E-state index is 0.0411. The Kier molecular flexibility index (Phi) is 6.86. The second-order valence-corrected chi connectivity index (χ2v) is 11.1. The number of hydrogen-bond donors (Lipinski definition) is 2. The maximum absolute atomic E-state index is 13.2. The van der Waals surface area contributed by atoms with Gasteiger partial charge in [0.2, 0.25) is 21.8 Å². The zero-order valence-electron chi connectivity index (χ0n) is 19.1. The summed E-state index contributed by atoms with van der Waals surface area (Å²) in [6.07, 6.45) is 2.77. The van der Waals surface area contributed by atoms with Crippen LogP contribution in [0, 0.1) is 5.92 Å². The van der Waals surface area contributed by atoms with Crippen molar-refractivity contribution in [2.24, 2.45) is 5.92 Å². The monoisotopic (exact) mass is 469 g/mol. The van der Waals surface area contributed by atoms with E-state index in [4.69, 9.17) is 0 Å². The van der Waals surface area contributed by atoms with Gasteiger partial charge in [-0.1, -0.05) is 26.0 Å². The molecule has 1 saturated heterocycles. The van der Waals surface area contributed by atoms with Crippen molar-refractivity contribution in [1.29, 1.82) is 0 Å². The van der Waals surface area contributed by atoms with Gasteiger partial charge in [0, 0.05) is 36.8 Å². The summed E-state index contributed by atoms with van der Waals surface area (Å²) >= 11 is 0. The number of nitrogens with one attached hydrogen (secondary N) is 2. The van der Waals surface area contributed by atoms with Gasteiger partial charge in [0.15, 0.2) is 0 Å². The number of rotatable bonds is 5. The van der Waals surface area contributed by atoms with Crippen molar-refractivity contribution in [2.75, 3.05) is 23.7 Å². The van der Waals surface area contributed by atoms with Crippen LogP contribution in [0.2, 0.25) is 0 Å². The van der Waals surface area contributed by atoms with Crippen molar-refractivity contribution in [2.45, 2.75) is 56.8 Å². The van der Waals surface area contributed by atoms with Crippen LogP contribution in [-0.2, 0) is 26.0 Å². The summed E-state index contributed by atoms with van der Waals surface area (Å²) in [6, 6.07) is 12.8. The maximum atomic E-state index is 13.2. The van der Waals surface area contributed by atoms with E-state index in [-0.39, 0.29) is 22.6 Å². The van der Waals surface area contributed by atoms with Crippen LogP contribution in [0.3, 0.4) is 0 Å². The summed E-state index contributed by atoms with van der Waals surface area (Å²) in [6.45, 7) is 4.86. The SMILES string of the molecule is CC(C)c1ccc(NC(=O)C2CCN(S(=O)(=O)c3ccc4c(c3)CCCC(=O)N4)CC2)cc1. The summed E-state index contributed by atoms with van der Waals surface area (Å²) in [5, 5.41) is 5.80. The van der Waals surface area contributed by atoms with Crippen LogP contribution >= 0.6 is 0 Å². The Morgan fingerprint density at radius 2 is 1.76 bits per heavy atom. The Morgan fingerprint density at radius 3 is 2.42 bits per heavy atom. The van der Waals surface area contributed by atoms with E-state index in [1.165, 1.54) is 9.87 Å². The van der Waals surface area contributed by atoms with Gasteiger partial charge in [-0.15, -0.1) is 0 Å². The number of fused-ring (bicyclic) bond motifs is 1. The largest absolute Gasteiger partial charge is 0.326 e. The number of nitrogens with zero attached hydrogens (tertiary/aromatic N) is 1. The Morgan fingerprint density at radius 1 is 1.06 bits per heavy atom. The Hall–Kier alpha value is -2.71. The molecule has 2 heterocycles. The molecule has 2 amide bonds. The molecule has 0 saturated carbocycles. The smallest absolute Gasteiger partial charge is 0.243 e. The molecule has 0 aromatic heterocycles. The number of anilines is 2. The van der Waals surface area contributed by atoms with Gasteiger partial charge in [-0.2, -0.15) is 4.31 Å². The lowest BCUT2D eigenvalue weighted by Gasteiger charge is -2.30. The third-order valence-electron chi connectivity index (χ3n) is 6.51. The molecule has 0 unspecified atom stereocenters. The number of aryl methyl sites for hydroxylation is 1. The standard InChI is InChI=1S/C25H31N3O4S/c1-17(2)18-6-8-21(9-7-18)26-25(30)19-12-14-28(15-13-19)33(31,32)22-10-11-23-20(16-22)4-3-5-24(29)27-23/h6-11,16-17,19H,3-5,12-15H2,1-2H3,(H,26,30)(H,27,29). The molecule has 7 nitrogen and oxygen atoms in total. The predicted octanol–water partition coefficient (Wildman–Crippen LogP) is 4.12. The predicted molar refractivity (Wildman–Crippen MR) is 129 cm³/mol. The fraction of sp³-hybridized carbons (Fsp3) is 0.440. The van der Waals surface area contributed by atoms with Crippen LogP contribution in [0.1, 0.15) is 56.6 Å². The van der Waals surface area contributed by atoms with E-state index >= 15 is 0 Å². The normalized spacial score (nSPS) is 17.8. The van der Waals surface area contributed by atoms with Crippen molar-refractivity contribution >= 4 is 33.2 Å². The molecule has 2 aromatic carbocycles. The molecule has 0 spiro atoms. The number of piperidine rings is 1. The van der Waals surface area contributed by atoms with Crippen LogP contribution < -0.4 is 10.6 Å². The van der Waals surface area contributed by atoms with E-state index in [1.807, 2.05) is 24.3 Å². The average molecular weight is 470 g/mol. The van der Waals surface area contributed by atoms with E-state index in [1.54, 1.807) is 18.2 Å². The summed E-state index contributed by atoms with van der Waals surface area (Å²) < 4.78 is 27.9. The highest BCUT2D eigenvalue weighted by Gasteiger charge is 2.32. The van der Waals surface area contributed by atoms with Crippen LogP contribution in [-0.4, -0.2) is 37.6 Å². The first-order valence-electron chi connectivity index (χ1n) is 11.6. The molecule has 0 aliphatic carbocycles. The minimum atomic E-state index is -3.65. The first kappa shape index (κ1) is 23.4. The molecule has 2 aromatic rings. The van der Waals surface area contributed by atoms with Gasteiger partial charge in [0.05, 0.1) is 4.90 Å². The molecule has 8 heteroatoms. The highest BCUT2D eigenvalue weighted by molar-refractivity contribution is 7.89. The molecule has 1 fully saturated rings. The van der Waals surface area contributed by atoms with Crippen molar-refractivity contribution in [3.8, 4) is 0 Å². The first-order valence-corrected chi connectivity index (χ1v) is 13.0. The molecule has 2 aliphatic heterocycles. The maximum Gasteiger partial charge on any atom is 0.243 e. The van der Waals surface area contributed by atoms with E-state index in [0.29, 0.717) is 56.8 Å². The number of sulfonamides is 1. The van der Waals surface area contributed by atoms with Gasteiger partial charge in [0.25, 0.3) is 0 Å². The van der Waals surface area contributed by atoms with Crippen LogP contribution in [0.5, 0.6) is 0 Å². The molecule has 2 N–H and O–H groups in total. The number of hydrogen-bond acceptors (Lipinski definition) is 4. The minimum Gasteiger partial charge on any atom is -0.326 e. The molecule has 4 rings (SSSR count). The van der Waals surface area contributed by atoms with Gasteiger partial charge >= 0.3 is 0 Å². The molecule has 0 bridgehead atoms. The van der Waals surface area contributed by atoms with Crippen molar-refractivity contribution < 1.29 is 18.0 Å². The summed E-state index contributed by atoms with van der Waals surface area (Å²) in [5.74, 6) is 0.105. The number of carbonyl (C=O) groups is 2. The summed E-state index contributed by atoms with van der Waals surface area (Å²) in [4.78, 5) is 24.7.